The van der Waals surface area contributed by atoms with Gasteiger partial charge in [0.25, 0.3) is 0 Å². The summed E-state index contributed by atoms with van der Waals surface area (Å²) in [4.78, 5) is 0. The summed E-state index contributed by atoms with van der Waals surface area (Å²) >= 11 is 0. The van der Waals surface area contributed by atoms with Gasteiger partial charge in [0.05, 0.1) is 6.10 Å². The van der Waals surface area contributed by atoms with Crippen molar-refractivity contribution in [3.05, 3.63) is 0 Å². The number of nitrogens with one attached hydrogen (secondary N) is 1. The average Bonchev–Trinajstić information content (AvgIpc) is 2.25. The van der Waals surface area contributed by atoms with Crippen molar-refractivity contribution in [2.24, 2.45) is 11.8 Å². The van der Waals surface area contributed by atoms with Crippen molar-refractivity contribution >= 4 is 0 Å². The van der Waals surface area contributed by atoms with Gasteiger partial charge < -0.3 is 10.1 Å². The summed E-state index contributed by atoms with van der Waals surface area (Å²) in [6.07, 6.45) is 5.51. The highest BCUT2D eigenvalue weighted by atomic mass is 16.5. The van der Waals surface area contributed by atoms with Gasteiger partial charge in [0.2, 0.25) is 0 Å². The molecule has 1 rings (SSSR count). The van der Waals surface area contributed by atoms with Crippen LogP contribution >= 0.6 is 0 Å². The third kappa shape index (κ3) is 3.76. The van der Waals surface area contributed by atoms with Crippen LogP contribution in [0.15, 0.2) is 0 Å². The van der Waals surface area contributed by atoms with Crippen LogP contribution in [0.4, 0.5) is 0 Å². The van der Waals surface area contributed by atoms with Gasteiger partial charge in [-0.05, 0) is 44.1 Å². The van der Waals surface area contributed by atoms with Gasteiger partial charge >= 0.3 is 0 Å². The molecule has 0 aliphatic heterocycles. The lowest BCUT2D eigenvalue weighted by Gasteiger charge is -2.37. The number of hydrogen-bond acceptors (Lipinski definition) is 2. The standard InChI is InChI=1S/C13H27NO/c1-5-8-14-12-7-6-11(10(2)3)9-13(12)15-4/h10-14H,5-9H2,1-4H3. The molecule has 1 aliphatic rings. The molecule has 3 atom stereocenters. The second-order valence-corrected chi connectivity index (χ2v) is 5.15. The molecule has 0 radical (unpaired) electrons. The number of methoxy groups -OCH3 is 1. The molecule has 1 aliphatic carbocycles. The predicted octanol–water partition coefficient (Wildman–Crippen LogP) is 2.83. The third-order valence-corrected chi connectivity index (χ3v) is 3.73. The minimum atomic E-state index is 0.428. The van der Waals surface area contributed by atoms with E-state index in [2.05, 4.69) is 26.1 Å². The molecule has 1 saturated carbocycles. The molecule has 15 heavy (non-hydrogen) atoms. The van der Waals surface area contributed by atoms with Gasteiger partial charge in [-0.1, -0.05) is 20.8 Å². The van der Waals surface area contributed by atoms with E-state index in [1.54, 1.807) is 0 Å². The maximum absolute atomic E-state index is 5.62. The third-order valence-electron chi connectivity index (χ3n) is 3.73. The zero-order valence-corrected chi connectivity index (χ0v) is 10.8. The molecule has 1 N–H and O–H groups in total. The van der Waals surface area contributed by atoms with E-state index in [4.69, 9.17) is 4.74 Å². The normalized spacial score (nSPS) is 32.2. The lowest BCUT2D eigenvalue weighted by Crippen LogP contribution is -2.46. The summed E-state index contributed by atoms with van der Waals surface area (Å²) in [7, 11) is 1.86. The molecule has 0 heterocycles. The molecule has 2 nitrogen and oxygen atoms in total. The molecule has 0 bridgehead atoms. The van der Waals surface area contributed by atoms with Crippen molar-refractivity contribution in [3.8, 4) is 0 Å². The Kier molecular flexibility index (Phi) is 5.62. The highest BCUT2D eigenvalue weighted by Gasteiger charge is 2.31. The maximum Gasteiger partial charge on any atom is 0.0726 e. The molecule has 90 valence electrons. The highest BCUT2D eigenvalue weighted by Crippen LogP contribution is 2.31. The molecule has 0 aromatic heterocycles. The molecule has 0 saturated heterocycles. The Morgan fingerprint density at radius 2 is 2.07 bits per heavy atom. The number of rotatable bonds is 5. The number of ether oxygens (including phenoxy) is 1. The SMILES string of the molecule is CCCNC1CCC(C(C)C)CC1OC. The molecule has 3 unspecified atom stereocenters. The average molecular weight is 213 g/mol. The Balaban J connectivity index is 2.41. The zero-order valence-electron chi connectivity index (χ0n) is 10.8. The lowest BCUT2D eigenvalue weighted by atomic mass is 9.78. The predicted molar refractivity (Wildman–Crippen MR) is 65.1 cm³/mol. The molecule has 0 aromatic carbocycles. The van der Waals surface area contributed by atoms with E-state index in [9.17, 15) is 0 Å². The maximum atomic E-state index is 5.62. The van der Waals surface area contributed by atoms with Crippen LogP contribution in [0.5, 0.6) is 0 Å². The Morgan fingerprint density at radius 3 is 2.60 bits per heavy atom. The first kappa shape index (κ1) is 13.0. The van der Waals surface area contributed by atoms with Gasteiger partial charge in [-0.25, -0.2) is 0 Å². The van der Waals surface area contributed by atoms with E-state index in [1.807, 2.05) is 7.11 Å². The van der Waals surface area contributed by atoms with Crippen LogP contribution in [0, 0.1) is 11.8 Å². The lowest BCUT2D eigenvalue weighted by molar-refractivity contribution is 0.0141. The van der Waals surface area contributed by atoms with Gasteiger partial charge in [0, 0.05) is 13.2 Å². The minimum Gasteiger partial charge on any atom is -0.380 e. The Labute approximate surface area is 94.8 Å². The van der Waals surface area contributed by atoms with E-state index in [0.29, 0.717) is 12.1 Å². The van der Waals surface area contributed by atoms with Gasteiger partial charge in [0.15, 0.2) is 0 Å². The summed E-state index contributed by atoms with van der Waals surface area (Å²) in [5.74, 6) is 1.66. The molecular formula is C13H27NO. The van der Waals surface area contributed by atoms with Gasteiger partial charge in [-0.15, -0.1) is 0 Å². The first-order valence-electron chi connectivity index (χ1n) is 6.45. The van der Waals surface area contributed by atoms with Crippen LogP contribution < -0.4 is 5.32 Å². The van der Waals surface area contributed by atoms with Crippen LogP contribution in [-0.4, -0.2) is 25.8 Å². The first-order chi connectivity index (χ1) is 7.19. The Hall–Kier alpha value is -0.0800. The van der Waals surface area contributed by atoms with Crippen molar-refractivity contribution in [1.82, 2.24) is 5.32 Å². The van der Waals surface area contributed by atoms with Crippen molar-refractivity contribution in [1.29, 1.82) is 0 Å². The molecule has 0 aromatic rings. The smallest absolute Gasteiger partial charge is 0.0726 e. The molecule has 0 spiro atoms. The Bertz CT molecular complexity index is 170. The zero-order chi connectivity index (χ0) is 11.3. The second-order valence-electron chi connectivity index (χ2n) is 5.15. The number of hydrogen-bond donors (Lipinski definition) is 1. The monoisotopic (exact) mass is 213 g/mol. The van der Waals surface area contributed by atoms with E-state index in [-0.39, 0.29) is 0 Å². The van der Waals surface area contributed by atoms with Crippen molar-refractivity contribution in [2.75, 3.05) is 13.7 Å². The topological polar surface area (TPSA) is 21.3 Å². The second kappa shape index (κ2) is 6.49. The van der Waals surface area contributed by atoms with Crippen molar-refractivity contribution < 1.29 is 4.74 Å². The fraction of sp³-hybridized carbons (Fsp3) is 1.00. The van der Waals surface area contributed by atoms with Crippen molar-refractivity contribution in [3.63, 3.8) is 0 Å². The van der Waals surface area contributed by atoms with Gasteiger partial charge in [-0.2, -0.15) is 0 Å². The summed E-state index contributed by atoms with van der Waals surface area (Å²) in [6.45, 7) is 8.00. The molecular weight excluding hydrogens is 186 g/mol. The summed E-state index contributed by atoms with van der Waals surface area (Å²) in [5, 5.41) is 3.61. The summed E-state index contributed by atoms with van der Waals surface area (Å²) in [6, 6.07) is 0.588. The van der Waals surface area contributed by atoms with Crippen LogP contribution in [0.3, 0.4) is 0 Å². The van der Waals surface area contributed by atoms with Crippen LogP contribution in [0.2, 0.25) is 0 Å². The van der Waals surface area contributed by atoms with Crippen LogP contribution in [0.1, 0.15) is 46.5 Å². The van der Waals surface area contributed by atoms with Crippen LogP contribution in [-0.2, 0) is 4.74 Å². The van der Waals surface area contributed by atoms with E-state index < -0.39 is 0 Å². The van der Waals surface area contributed by atoms with Gasteiger partial charge in [-0.3, -0.25) is 0 Å². The fourth-order valence-corrected chi connectivity index (χ4v) is 2.59. The minimum absolute atomic E-state index is 0.428. The highest BCUT2D eigenvalue weighted by molar-refractivity contribution is 4.86. The quantitative estimate of drug-likeness (QED) is 0.758. The van der Waals surface area contributed by atoms with E-state index >= 15 is 0 Å². The molecule has 2 heteroatoms. The molecule has 1 fully saturated rings. The van der Waals surface area contributed by atoms with Crippen molar-refractivity contribution in [2.45, 2.75) is 58.6 Å². The largest absolute Gasteiger partial charge is 0.380 e. The molecule has 0 amide bonds. The Morgan fingerprint density at radius 1 is 1.33 bits per heavy atom. The fourth-order valence-electron chi connectivity index (χ4n) is 2.59. The summed E-state index contributed by atoms with van der Waals surface area (Å²) in [5.41, 5.74) is 0. The summed E-state index contributed by atoms with van der Waals surface area (Å²) < 4.78 is 5.62. The van der Waals surface area contributed by atoms with Crippen LogP contribution in [0.25, 0.3) is 0 Å². The first-order valence-corrected chi connectivity index (χ1v) is 6.45. The van der Waals surface area contributed by atoms with E-state index in [1.165, 1.54) is 25.7 Å². The van der Waals surface area contributed by atoms with Gasteiger partial charge in [0.1, 0.15) is 0 Å². The van der Waals surface area contributed by atoms with E-state index in [0.717, 1.165) is 18.4 Å².